The fraction of sp³-hybridized carbons (Fsp3) is 0.240. The molecule has 2 aromatic carbocycles. The number of nitrogens with zero attached hydrogens (tertiary/aromatic N) is 2. The average Bonchev–Trinajstić information content (AvgIpc) is 3.25. The van der Waals surface area contributed by atoms with Gasteiger partial charge in [0, 0.05) is 43.5 Å². The molecule has 1 saturated heterocycles. The van der Waals surface area contributed by atoms with Crippen molar-refractivity contribution >= 4 is 17.5 Å². The topological polar surface area (TPSA) is 90.0 Å². The van der Waals surface area contributed by atoms with Gasteiger partial charge in [-0.3, -0.25) is 9.59 Å². The number of pyridine rings is 1. The van der Waals surface area contributed by atoms with E-state index < -0.39 is 5.92 Å². The lowest BCUT2D eigenvalue weighted by molar-refractivity contribution is -0.126. The molecule has 1 N–H and O–H groups in total. The van der Waals surface area contributed by atoms with Crippen molar-refractivity contribution in [3.8, 4) is 23.1 Å². The minimum absolute atomic E-state index is 0.0685. The van der Waals surface area contributed by atoms with E-state index >= 15 is 0 Å². The Morgan fingerprint density at radius 2 is 1.79 bits per heavy atom. The van der Waals surface area contributed by atoms with Crippen molar-refractivity contribution in [1.29, 1.82) is 0 Å². The summed E-state index contributed by atoms with van der Waals surface area (Å²) in [5.74, 6) is 1.85. The molecule has 1 fully saturated rings. The molecule has 4 rings (SSSR count). The van der Waals surface area contributed by atoms with E-state index in [1.807, 2.05) is 36.4 Å². The lowest BCUT2D eigenvalue weighted by atomic mass is 10.1. The Balaban J connectivity index is 1.29. The van der Waals surface area contributed by atoms with Crippen LogP contribution in [0.1, 0.15) is 12.0 Å². The first-order chi connectivity index (χ1) is 16.1. The van der Waals surface area contributed by atoms with Crippen molar-refractivity contribution in [2.75, 3.05) is 25.7 Å². The van der Waals surface area contributed by atoms with E-state index in [4.69, 9.17) is 14.2 Å². The third kappa shape index (κ3) is 5.41. The molecule has 2 heterocycles. The lowest BCUT2D eigenvalue weighted by Gasteiger charge is -2.17. The molecule has 0 spiro atoms. The molecule has 1 aliphatic heterocycles. The number of hydrogen-bond acceptors (Lipinski definition) is 6. The van der Waals surface area contributed by atoms with Crippen LogP contribution in [-0.2, 0) is 16.1 Å². The Hall–Kier alpha value is -4.07. The first-order valence-corrected chi connectivity index (χ1v) is 10.5. The van der Waals surface area contributed by atoms with Gasteiger partial charge in [0.2, 0.25) is 17.7 Å². The first kappa shape index (κ1) is 22.1. The van der Waals surface area contributed by atoms with Gasteiger partial charge >= 0.3 is 0 Å². The van der Waals surface area contributed by atoms with Crippen LogP contribution in [0.3, 0.4) is 0 Å². The summed E-state index contributed by atoms with van der Waals surface area (Å²) in [6.07, 6.45) is 1.84. The SMILES string of the molecule is COc1ccc(N2CC(C(=O)NCc3ccc(Oc4cccc(OC)c4)nc3)CC2=O)cc1. The number of methoxy groups -OCH3 is 2. The Labute approximate surface area is 192 Å². The van der Waals surface area contributed by atoms with Gasteiger partial charge in [-0.15, -0.1) is 0 Å². The molecule has 1 atom stereocenters. The zero-order valence-electron chi connectivity index (χ0n) is 18.5. The number of carbonyl (C=O) groups excluding carboxylic acids is 2. The smallest absolute Gasteiger partial charge is 0.227 e. The molecule has 2 amide bonds. The van der Waals surface area contributed by atoms with Crippen LogP contribution < -0.4 is 24.4 Å². The van der Waals surface area contributed by atoms with Gasteiger partial charge in [0.15, 0.2) is 0 Å². The number of aromatic nitrogens is 1. The molecule has 0 saturated carbocycles. The minimum Gasteiger partial charge on any atom is -0.497 e. The number of rotatable bonds is 8. The maximum absolute atomic E-state index is 12.6. The summed E-state index contributed by atoms with van der Waals surface area (Å²) >= 11 is 0. The number of benzene rings is 2. The third-order valence-electron chi connectivity index (χ3n) is 5.41. The maximum Gasteiger partial charge on any atom is 0.227 e. The van der Waals surface area contributed by atoms with Gasteiger partial charge in [0.1, 0.15) is 17.2 Å². The van der Waals surface area contributed by atoms with Gasteiger partial charge < -0.3 is 24.4 Å². The van der Waals surface area contributed by atoms with E-state index in [1.54, 1.807) is 49.6 Å². The van der Waals surface area contributed by atoms with Gasteiger partial charge in [0.25, 0.3) is 0 Å². The molecule has 8 heteroatoms. The predicted molar refractivity (Wildman–Crippen MR) is 123 cm³/mol. The van der Waals surface area contributed by atoms with Crippen LogP contribution >= 0.6 is 0 Å². The zero-order valence-corrected chi connectivity index (χ0v) is 18.5. The van der Waals surface area contributed by atoms with E-state index in [0.29, 0.717) is 36.2 Å². The van der Waals surface area contributed by atoms with Crippen molar-refractivity contribution in [3.05, 3.63) is 72.4 Å². The molecule has 1 unspecified atom stereocenters. The Kier molecular flexibility index (Phi) is 6.73. The Morgan fingerprint density at radius 3 is 2.48 bits per heavy atom. The van der Waals surface area contributed by atoms with Crippen LogP contribution in [-0.4, -0.2) is 37.6 Å². The highest BCUT2D eigenvalue weighted by Crippen LogP contribution is 2.27. The second-order valence-corrected chi connectivity index (χ2v) is 7.61. The van der Waals surface area contributed by atoms with Crippen molar-refractivity contribution in [2.24, 2.45) is 5.92 Å². The molecule has 0 radical (unpaired) electrons. The second-order valence-electron chi connectivity index (χ2n) is 7.61. The summed E-state index contributed by atoms with van der Waals surface area (Å²) in [6, 6.07) is 18.1. The molecule has 1 aromatic heterocycles. The highest BCUT2D eigenvalue weighted by Gasteiger charge is 2.35. The Bertz CT molecular complexity index is 1120. The van der Waals surface area contributed by atoms with Gasteiger partial charge in [0.05, 0.1) is 20.1 Å². The van der Waals surface area contributed by atoms with E-state index in [9.17, 15) is 9.59 Å². The molecular weight excluding hydrogens is 422 g/mol. The number of nitrogens with one attached hydrogen (secondary N) is 1. The van der Waals surface area contributed by atoms with Crippen LogP contribution in [0.4, 0.5) is 5.69 Å². The molecule has 33 heavy (non-hydrogen) atoms. The lowest BCUT2D eigenvalue weighted by Crippen LogP contribution is -2.32. The minimum atomic E-state index is -0.400. The summed E-state index contributed by atoms with van der Waals surface area (Å²) in [4.78, 5) is 31.0. The quantitative estimate of drug-likeness (QED) is 0.568. The number of hydrogen-bond donors (Lipinski definition) is 1. The summed E-state index contributed by atoms with van der Waals surface area (Å²) in [7, 11) is 3.19. The number of carbonyl (C=O) groups is 2. The van der Waals surface area contributed by atoms with Crippen molar-refractivity contribution in [1.82, 2.24) is 10.3 Å². The molecule has 3 aromatic rings. The van der Waals surface area contributed by atoms with E-state index in [-0.39, 0.29) is 18.2 Å². The van der Waals surface area contributed by atoms with Gasteiger partial charge in [-0.25, -0.2) is 4.98 Å². The van der Waals surface area contributed by atoms with Gasteiger partial charge in [-0.1, -0.05) is 12.1 Å². The monoisotopic (exact) mass is 447 g/mol. The van der Waals surface area contributed by atoms with Crippen molar-refractivity contribution in [2.45, 2.75) is 13.0 Å². The number of anilines is 1. The standard InChI is InChI=1S/C25H25N3O5/c1-31-20-9-7-19(8-10-20)28-16-18(12-24(28)29)25(30)27-15-17-6-11-23(26-14-17)33-22-5-3-4-21(13-22)32-2/h3-11,13-14,18H,12,15-16H2,1-2H3,(H,27,30). The molecule has 8 nitrogen and oxygen atoms in total. The fourth-order valence-electron chi connectivity index (χ4n) is 3.59. The summed E-state index contributed by atoms with van der Waals surface area (Å²) in [6.45, 7) is 0.668. The van der Waals surface area contributed by atoms with E-state index in [0.717, 1.165) is 11.3 Å². The van der Waals surface area contributed by atoms with Gasteiger partial charge in [-0.05, 0) is 42.0 Å². The zero-order chi connectivity index (χ0) is 23.2. The fourth-order valence-corrected chi connectivity index (χ4v) is 3.59. The van der Waals surface area contributed by atoms with Crippen molar-refractivity contribution in [3.63, 3.8) is 0 Å². The highest BCUT2D eigenvalue weighted by molar-refractivity contribution is 6.00. The van der Waals surface area contributed by atoms with Crippen LogP contribution in [0.2, 0.25) is 0 Å². The third-order valence-corrected chi connectivity index (χ3v) is 5.41. The average molecular weight is 447 g/mol. The normalized spacial score (nSPS) is 15.3. The second kappa shape index (κ2) is 10.0. The van der Waals surface area contributed by atoms with Crippen molar-refractivity contribution < 1.29 is 23.8 Å². The molecule has 0 aliphatic carbocycles. The number of amides is 2. The molecule has 1 aliphatic rings. The van der Waals surface area contributed by atoms with Crippen LogP contribution in [0.5, 0.6) is 23.1 Å². The number of ether oxygens (including phenoxy) is 3. The van der Waals surface area contributed by atoms with Crippen LogP contribution in [0.25, 0.3) is 0 Å². The maximum atomic E-state index is 12.6. The molecular formula is C25H25N3O5. The summed E-state index contributed by atoms with van der Waals surface area (Å²) < 4.78 is 16.1. The van der Waals surface area contributed by atoms with E-state index in [1.165, 1.54) is 0 Å². The summed E-state index contributed by atoms with van der Waals surface area (Å²) in [5, 5.41) is 2.90. The highest BCUT2D eigenvalue weighted by atomic mass is 16.5. The Morgan fingerprint density at radius 1 is 1.03 bits per heavy atom. The van der Waals surface area contributed by atoms with E-state index in [2.05, 4.69) is 10.3 Å². The predicted octanol–water partition coefficient (Wildman–Crippen LogP) is 3.56. The first-order valence-electron chi connectivity index (χ1n) is 10.5. The largest absolute Gasteiger partial charge is 0.497 e. The van der Waals surface area contributed by atoms with Gasteiger partial charge in [-0.2, -0.15) is 0 Å². The van der Waals surface area contributed by atoms with Crippen LogP contribution in [0.15, 0.2) is 66.9 Å². The molecule has 170 valence electrons. The molecule has 0 bridgehead atoms. The van der Waals surface area contributed by atoms with Crippen LogP contribution in [0, 0.1) is 5.92 Å². The summed E-state index contributed by atoms with van der Waals surface area (Å²) in [5.41, 5.74) is 1.59.